The van der Waals surface area contributed by atoms with Crippen LogP contribution in [0.1, 0.15) is 5.56 Å². The van der Waals surface area contributed by atoms with E-state index in [0.29, 0.717) is 5.69 Å². The van der Waals surface area contributed by atoms with Gasteiger partial charge in [0.15, 0.2) is 0 Å². The van der Waals surface area contributed by atoms with E-state index in [4.69, 9.17) is 0 Å². The lowest BCUT2D eigenvalue weighted by molar-refractivity contribution is -0.112. The summed E-state index contributed by atoms with van der Waals surface area (Å²) in [6, 6.07) is 24.8. The zero-order chi connectivity index (χ0) is 16.1. The van der Waals surface area contributed by atoms with Crippen LogP contribution in [0.15, 0.2) is 78.4 Å². The van der Waals surface area contributed by atoms with Gasteiger partial charge >= 0.3 is 0 Å². The molecule has 0 aliphatic carbocycles. The van der Waals surface area contributed by atoms with Crippen LogP contribution in [0.25, 0.3) is 16.8 Å². The molecule has 0 spiro atoms. The molecule has 110 valence electrons. The number of anilines is 1. The van der Waals surface area contributed by atoms with Gasteiger partial charge in [-0.2, -0.15) is 5.26 Å². The molecule has 0 radical (unpaired) electrons. The van der Waals surface area contributed by atoms with E-state index in [0.717, 1.165) is 16.3 Å². The number of carbonyl (C=O) groups excluding carboxylic acids is 1. The molecule has 0 aliphatic heterocycles. The van der Waals surface area contributed by atoms with Gasteiger partial charge < -0.3 is 5.32 Å². The zero-order valence-corrected chi connectivity index (χ0v) is 12.4. The molecule has 23 heavy (non-hydrogen) atoms. The highest BCUT2D eigenvalue weighted by atomic mass is 16.1. The average molecular weight is 298 g/mol. The predicted octanol–water partition coefficient (Wildman–Crippen LogP) is 4.39. The molecular weight excluding hydrogens is 284 g/mol. The van der Waals surface area contributed by atoms with E-state index in [1.807, 2.05) is 78.9 Å². The van der Waals surface area contributed by atoms with Crippen molar-refractivity contribution in [2.75, 3.05) is 5.32 Å². The predicted molar refractivity (Wildman–Crippen MR) is 92.6 cm³/mol. The van der Waals surface area contributed by atoms with Gasteiger partial charge in [-0.1, -0.05) is 60.7 Å². The summed E-state index contributed by atoms with van der Waals surface area (Å²) in [5.41, 5.74) is 1.56. The molecule has 0 saturated carbocycles. The Hall–Kier alpha value is -3.38. The summed E-state index contributed by atoms with van der Waals surface area (Å²) in [7, 11) is 0. The minimum Gasteiger partial charge on any atom is -0.321 e. The maximum Gasteiger partial charge on any atom is 0.266 e. The van der Waals surface area contributed by atoms with Gasteiger partial charge in [-0.3, -0.25) is 4.79 Å². The fourth-order valence-electron chi connectivity index (χ4n) is 2.33. The van der Waals surface area contributed by atoms with E-state index in [-0.39, 0.29) is 5.57 Å². The molecule has 3 rings (SSSR count). The number of carbonyl (C=O) groups is 1. The molecule has 1 amide bonds. The number of hydrogen-bond acceptors (Lipinski definition) is 2. The van der Waals surface area contributed by atoms with Crippen molar-refractivity contribution in [2.24, 2.45) is 0 Å². The zero-order valence-electron chi connectivity index (χ0n) is 12.4. The van der Waals surface area contributed by atoms with E-state index >= 15 is 0 Å². The van der Waals surface area contributed by atoms with Crippen molar-refractivity contribution < 1.29 is 4.79 Å². The number of nitrogens with one attached hydrogen (secondary N) is 1. The average Bonchev–Trinajstić information content (AvgIpc) is 2.60. The SMILES string of the molecule is N#C/C(=C\c1ccccc1)C(=O)Nc1ccc2ccccc2c1. The number of fused-ring (bicyclic) bond motifs is 1. The first-order valence-electron chi connectivity index (χ1n) is 7.23. The first-order valence-corrected chi connectivity index (χ1v) is 7.23. The first kappa shape index (κ1) is 14.6. The molecule has 3 nitrogen and oxygen atoms in total. The summed E-state index contributed by atoms with van der Waals surface area (Å²) in [5, 5.41) is 14.1. The minimum atomic E-state index is -0.411. The van der Waals surface area contributed by atoms with Gasteiger partial charge in [0.2, 0.25) is 0 Å². The van der Waals surface area contributed by atoms with E-state index in [2.05, 4.69) is 5.32 Å². The van der Waals surface area contributed by atoms with Crippen molar-refractivity contribution in [3.05, 3.63) is 83.9 Å². The standard InChI is InChI=1S/C20H14N2O/c21-14-18(12-15-6-2-1-3-7-15)20(23)22-19-11-10-16-8-4-5-9-17(16)13-19/h1-13H,(H,22,23)/b18-12+. The quantitative estimate of drug-likeness (QED) is 0.576. The highest BCUT2D eigenvalue weighted by Gasteiger charge is 2.09. The number of benzene rings is 3. The minimum absolute atomic E-state index is 0.0735. The summed E-state index contributed by atoms with van der Waals surface area (Å²) >= 11 is 0. The number of rotatable bonds is 3. The third-order valence-electron chi connectivity index (χ3n) is 3.48. The monoisotopic (exact) mass is 298 g/mol. The molecule has 0 fully saturated rings. The lowest BCUT2D eigenvalue weighted by atomic mass is 10.1. The van der Waals surface area contributed by atoms with Gasteiger partial charge in [-0.15, -0.1) is 0 Å². The molecule has 0 unspecified atom stereocenters. The van der Waals surface area contributed by atoms with Gasteiger partial charge in [0.25, 0.3) is 5.91 Å². The largest absolute Gasteiger partial charge is 0.321 e. The second kappa shape index (κ2) is 6.59. The third-order valence-corrected chi connectivity index (χ3v) is 3.48. The van der Waals surface area contributed by atoms with Gasteiger partial charge in [-0.05, 0) is 34.5 Å². The topological polar surface area (TPSA) is 52.9 Å². The Kier molecular flexibility index (Phi) is 4.17. The first-order chi connectivity index (χ1) is 11.3. The summed E-state index contributed by atoms with van der Waals surface area (Å²) < 4.78 is 0. The van der Waals surface area contributed by atoms with Crippen LogP contribution in [0.5, 0.6) is 0 Å². The van der Waals surface area contributed by atoms with Crippen molar-refractivity contribution >= 4 is 28.4 Å². The van der Waals surface area contributed by atoms with Crippen LogP contribution in [0.3, 0.4) is 0 Å². The highest BCUT2D eigenvalue weighted by molar-refractivity contribution is 6.10. The molecule has 0 aliphatic rings. The summed E-state index contributed by atoms with van der Waals surface area (Å²) in [6.07, 6.45) is 1.58. The fourth-order valence-corrected chi connectivity index (χ4v) is 2.33. The van der Waals surface area contributed by atoms with Gasteiger partial charge in [0.1, 0.15) is 11.6 Å². The van der Waals surface area contributed by atoms with Gasteiger partial charge in [-0.25, -0.2) is 0 Å². The number of hydrogen-bond donors (Lipinski definition) is 1. The lowest BCUT2D eigenvalue weighted by Crippen LogP contribution is -2.13. The summed E-state index contributed by atoms with van der Waals surface area (Å²) in [4.78, 5) is 12.3. The molecular formula is C20H14N2O. The van der Waals surface area contributed by atoms with Crippen LogP contribution in [-0.4, -0.2) is 5.91 Å². The van der Waals surface area contributed by atoms with Crippen LogP contribution in [0.2, 0.25) is 0 Å². The van der Waals surface area contributed by atoms with Crippen molar-refractivity contribution in [3.63, 3.8) is 0 Å². The molecule has 0 heterocycles. The van der Waals surface area contributed by atoms with E-state index < -0.39 is 5.91 Å². The van der Waals surface area contributed by atoms with Crippen molar-refractivity contribution in [3.8, 4) is 6.07 Å². The Balaban J connectivity index is 1.84. The maximum absolute atomic E-state index is 12.3. The molecule has 3 aromatic rings. The van der Waals surface area contributed by atoms with Gasteiger partial charge in [0, 0.05) is 5.69 Å². The normalized spacial score (nSPS) is 11.0. The Morgan fingerprint density at radius 1 is 0.913 bits per heavy atom. The molecule has 0 bridgehead atoms. The molecule has 0 aromatic heterocycles. The second-order valence-corrected chi connectivity index (χ2v) is 5.10. The Labute approximate surface area is 134 Å². The van der Waals surface area contributed by atoms with E-state index in [1.165, 1.54) is 0 Å². The molecule has 1 N–H and O–H groups in total. The Morgan fingerprint density at radius 2 is 1.61 bits per heavy atom. The van der Waals surface area contributed by atoms with E-state index in [9.17, 15) is 10.1 Å². The van der Waals surface area contributed by atoms with Crippen LogP contribution < -0.4 is 5.32 Å². The number of nitrogens with zero attached hydrogens (tertiary/aromatic N) is 1. The maximum atomic E-state index is 12.3. The van der Waals surface area contributed by atoms with Crippen molar-refractivity contribution in [1.82, 2.24) is 0 Å². The molecule has 3 aromatic carbocycles. The van der Waals surface area contributed by atoms with Gasteiger partial charge in [0.05, 0.1) is 0 Å². The molecule has 0 atom stereocenters. The van der Waals surface area contributed by atoms with Crippen LogP contribution >= 0.6 is 0 Å². The van der Waals surface area contributed by atoms with Crippen LogP contribution in [0.4, 0.5) is 5.69 Å². The third kappa shape index (κ3) is 3.45. The summed E-state index contributed by atoms with van der Waals surface area (Å²) in [5.74, 6) is -0.411. The summed E-state index contributed by atoms with van der Waals surface area (Å²) in [6.45, 7) is 0. The van der Waals surface area contributed by atoms with Crippen molar-refractivity contribution in [1.29, 1.82) is 5.26 Å². The smallest absolute Gasteiger partial charge is 0.266 e. The van der Waals surface area contributed by atoms with E-state index in [1.54, 1.807) is 6.08 Å². The van der Waals surface area contributed by atoms with Crippen LogP contribution in [-0.2, 0) is 4.79 Å². The molecule has 3 heteroatoms. The lowest BCUT2D eigenvalue weighted by Gasteiger charge is -2.06. The van der Waals surface area contributed by atoms with Crippen molar-refractivity contribution in [2.45, 2.75) is 0 Å². The van der Waals surface area contributed by atoms with Crippen LogP contribution in [0, 0.1) is 11.3 Å². The highest BCUT2D eigenvalue weighted by Crippen LogP contribution is 2.19. The fraction of sp³-hybridized carbons (Fsp3) is 0. The number of amides is 1. The second-order valence-electron chi connectivity index (χ2n) is 5.10. The Bertz CT molecular complexity index is 921. The molecule has 0 saturated heterocycles. The Morgan fingerprint density at radius 3 is 2.35 bits per heavy atom. The number of nitriles is 1.